The van der Waals surface area contributed by atoms with Crippen molar-refractivity contribution >= 4 is 15.9 Å². The maximum absolute atomic E-state index is 13.2. The van der Waals surface area contributed by atoms with Gasteiger partial charge in [-0.3, -0.25) is 4.74 Å². The molecule has 0 aliphatic heterocycles. The van der Waals surface area contributed by atoms with Crippen LogP contribution in [-0.4, -0.2) is 41.1 Å². The van der Waals surface area contributed by atoms with Crippen LogP contribution in [0.4, 0.5) is 61.5 Å². The van der Waals surface area contributed by atoms with Crippen LogP contribution in [0.1, 0.15) is 6.92 Å². The van der Waals surface area contributed by atoms with E-state index in [9.17, 15) is 61.5 Å². The zero-order valence-electron chi connectivity index (χ0n) is 11.0. The van der Waals surface area contributed by atoms with E-state index >= 15 is 0 Å². The van der Waals surface area contributed by atoms with Crippen LogP contribution in [-0.2, 0) is 9.47 Å². The molecule has 0 fully saturated rings. The summed E-state index contributed by atoms with van der Waals surface area (Å²) in [5, 5.41) is -5.02. The molecule has 0 unspecified atom stereocenters. The Morgan fingerprint density at radius 3 is 1.20 bits per heavy atom. The summed E-state index contributed by atoms with van der Waals surface area (Å²) in [6, 6.07) is 0. The maximum Gasteiger partial charge on any atom is 0.460 e. The minimum absolute atomic E-state index is 0.779. The van der Waals surface area contributed by atoms with E-state index in [1.165, 1.54) is 0 Å². The normalized spacial score (nSPS) is 18.2. The minimum atomic E-state index is -7.69. The van der Waals surface area contributed by atoms with Crippen LogP contribution in [0, 0.1) is 0 Å². The molecule has 0 heterocycles. The van der Waals surface area contributed by atoms with Gasteiger partial charge in [-0.1, -0.05) is 0 Å². The topological polar surface area (TPSA) is 18.5 Å². The van der Waals surface area contributed by atoms with Crippen molar-refractivity contribution in [2.45, 2.75) is 48.0 Å². The summed E-state index contributed by atoms with van der Waals surface area (Å²) < 4.78 is 179. The fourth-order valence-electron chi connectivity index (χ4n) is 0.954. The Kier molecular flexibility index (Phi) is 6.10. The van der Waals surface area contributed by atoms with Gasteiger partial charge in [0.05, 0.1) is 0 Å². The molecule has 0 aliphatic carbocycles. The molecule has 0 bridgehead atoms. The van der Waals surface area contributed by atoms with Crippen molar-refractivity contribution in [3.8, 4) is 0 Å². The van der Waals surface area contributed by atoms with E-state index in [0.717, 1.165) is 15.9 Å². The van der Waals surface area contributed by atoms with E-state index in [4.69, 9.17) is 0 Å². The van der Waals surface area contributed by atoms with E-state index in [0.29, 0.717) is 0 Å². The quantitative estimate of drug-likeness (QED) is 0.348. The summed E-state index contributed by atoms with van der Waals surface area (Å²) in [5.41, 5.74) is 0. The first kappa shape index (κ1) is 24.4. The Morgan fingerprint density at radius 2 is 0.920 bits per heavy atom. The van der Waals surface area contributed by atoms with Crippen LogP contribution in [0.3, 0.4) is 0 Å². The third-order valence-electron chi connectivity index (χ3n) is 2.20. The average molecular weight is 477 g/mol. The largest absolute Gasteiger partial charge is 0.460 e. The molecule has 17 heteroatoms. The van der Waals surface area contributed by atoms with Gasteiger partial charge >= 0.3 is 41.1 Å². The number of hydrogen-bond donors (Lipinski definition) is 0. The van der Waals surface area contributed by atoms with Crippen molar-refractivity contribution in [3.63, 3.8) is 0 Å². The first-order valence-electron chi connectivity index (χ1n) is 5.15. The van der Waals surface area contributed by atoms with Crippen molar-refractivity contribution in [1.82, 2.24) is 0 Å². The molecule has 1 atom stereocenters. The van der Waals surface area contributed by atoms with Gasteiger partial charge in [-0.2, -0.15) is 57.1 Å². The van der Waals surface area contributed by atoms with Crippen molar-refractivity contribution in [1.29, 1.82) is 0 Å². The minimum Gasteiger partial charge on any atom is -0.265 e. The predicted octanol–water partition coefficient (Wildman–Crippen LogP) is 5.67. The highest BCUT2D eigenvalue weighted by Crippen LogP contribution is 2.55. The second-order valence-corrected chi connectivity index (χ2v) is 5.17. The molecule has 0 amide bonds. The van der Waals surface area contributed by atoms with Crippen LogP contribution >= 0.6 is 15.9 Å². The van der Waals surface area contributed by atoms with Crippen molar-refractivity contribution < 1.29 is 70.9 Å². The van der Waals surface area contributed by atoms with Gasteiger partial charge in [0.2, 0.25) is 0 Å². The molecular formula is C8H3BrF14O2. The Balaban J connectivity index is 5.83. The Hall–Kier alpha value is -0.580. The summed E-state index contributed by atoms with van der Waals surface area (Å²) in [6.07, 6.45) is -21.3. The molecule has 0 radical (unpaired) electrons. The second-order valence-electron chi connectivity index (χ2n) is 4.25. The Morgan fingerprint density at radius 1 is 0.560 bits per heavy atom. The number of rotatable bonds is 7. The molecule has 2 nitrogen and oxygen atoms in total. The van der Waals surface area contributed by atoms with Crippen LogP contribution in [0.5, 0.6) is 0 Å². The summed E-state index contributed by atoms with van der Waals surface area (Å²) in [4.78, 5) is 0. The van der Waals surface area contributed by atoms with Crippen LogP contribution in [0.2, 0.25) is 0 Å². The average Bonchev–Trinajstić information content (AvgIpc) is 2.21. The first-order valence-corrected chi connectivity index (χ1v) is 5.94. The monoisotopic (exact) mass is 476 g/mol. The summed E-state index contributed by atoms with van der Waals surface area (Å²) in [5.74, 6) is -20.7. The van der Waals surface area contributed by atoms with Gasteiger partial charge in [0.25, 0.3) is 0 Å². The van der Waals surface area contributed by atoms with Gasteiger partial charge in [0.15, 0.2) is 0 Å². The number of alkyl halides is 15. The molecular weight excluding hydrogens is 474 g/mol. The number of ether oxygens (including phenoxy) is 2. The second kappa shape index (κ2) is 6.24. The molecule has 0 saturated carbocycles. The maximum atomic E-state index is 13.2. The lowest BCUT2D eigenvalue weighted by Crippen LogP contribution is -2.64. The fraction of sp³-hybridized carbons (Fsp3) is 1.00. The van der Waals surface area contributed by atoms with E-state index in [1.807, 2.05) is 0 Å². The standard InChI is InChI=1S/C8H3BrF14O2/c1-2(10,24-8(9,22)23)6(18,19)25-7(20,21)4(13,14)3(11,12)5(15,16)17/h1H3/t2-/m0/s1. The highest BCUT2D eigenvalue weighted by molar-refractivity contribution is 9.09. The first-order chi connectivity index (χ1) is 10.4. The van der Waals surface area contributed by atoms with E-state index in [1.54, 1.807) is 4.74 Å². The lowest BCUT2D eigenvalue weighted by molar-refractivity contribution is -0.515. The predicted molar refractivity (Wildman–Crippen MR) is 51.4 cm³/mol. The van der Waals surface area contributed by atoms with Crippen molar-refractivity contribution in [2.75, 3.05) is 0 Å². The Labute approximate surface area is 136 Å². The van der Waals surface area contributed by atoms with Gasteiger partial charge < -0.3 is 0 Å². The molecule has 0 N–H and O–H groups in total. The van der Waals surface area contributed by atoms with Gasteiger partial charge in [0, 0.05) is 22.9 Å². The van der Waals surface area contributed by atoms with Crippen molar-refractivity contribution in [2.24, 2.45) is 0 Å². The molecule has 0 aromatic heterocycles. The molecule has 0 aromatic carbocycles. The molecule has 0 saturated heterocycles. The van der Waals surface area contributed by atoms with Gasteiger partial charge in [-0.05, 0) is 0 Å². The van der Waals surface area contributed by atoms with Gasteiger partial charge in [-0.15, -0.1) is 0 Å². The molecule has 0 rings (SSSR count). The highest BCUT2D eigenvalue weighted by atomic mass is 79.9. The molecule has 0 spiro atoms. The third kappa shape index (κ3) is 4.78. The summed E-state index contributed by atoms with van der Waals surface area (Å²) >= 11 is 1.09. The van der Waals surface area contributed by atoms with E-state index < -0.39 is 48.0 Å². The fourth-order valence-corrected chi connectivity index (χ4v) is 1.26. The van der Waals surface area contributed by atoms with E-state index in [-0.39, 0.29) is 0 Å². The van der Waals surface area contributed by atoms with Crippen LogP contribution < -0.4 is 0 Å². The zero-order valence-corrected chi connectivity index (χ0v) is 12.6. The van der Waals surface area contributed by atoms with Gasteiger partial charge in [-0.25, -0.2) is 9.13 Å². The van der Waals surface area contributed by atoms with E-state index in [2.05, 4.69) is 4.74 Å². The summed E-state index contributed by atoms with van der Waals surface area (Å²) in [7, 11) is 0. The number of hydrogen-bond acceptors (Lipinski definition) is 2. The smallest absolute Gasteiger partial charge is 0.265 e. The molecule has 0 aromatic rings. The molecule has 0 aliphatic rings. The zero-order chi connectivity index (χ0) is 20.9. The lowest BCUT2D eigenvalue weighted by Gasteiger charge is -2.37. The highest BCUT2D eigenvalue weighted by Gasteiger charge is 2.84. The Bertz CT molecular complexity index is 478. The third-order valence-corrected chi connectivity index (χ3v) is 2.36. The van der Waals surface area contributed by atoms with Crippen LogP contribution in [0.25, 0.3) is 0 Å². The summed E-state index contributed by atoms with van der Waals surface area (Å²) in [6.45, 7) is -0.779. The molecule has 152 valence electrons. The van der Waals surface area contributed by atoms with Crippen molar-refractivity contribution in [3.05, 3.63) is 0 Å². The van der Waals surface area contributed by atoms with Crippen LogP contribution in [0.15, 0.2) is 0 Å². The SMILES string of the molecule is C[C@](F)(OC(F)(F)Br)C(F)(F)OC(F)(F)C(F)(F)C(F)(F)C(F)(F)F. The van der Waals surface area contributed by atoms with Gasteiger partial charge in [0.1, 0.15) is 0 Å². The molecule has 25 heavy (non-hydrogen) atoms. The number of halogens is 15. The lowest BCUT2D eigenvalue weighted by atomic mass is 10.1.